The molecule has 0 fully saturated rings. The molecule has 3 heterocycles. The number of rotatable bonds is 5. The van der Waals surface area contributed by atoms with Crippen molar-refractivity contribution in [3.05, 3.63) is 34.2 Å². The smallest absolute Gasteiger partial charge is 0.237 e. The maximum Gasteiger partial charge on any atom is 0.237 e. The largest absolute Gasteiger partial charge is 0.444 e. The second kappa shape index (κ2) is 7.25. The second-order valence-electron chi connectivity index (χ2n) is 5.40. The molecule has 0 aliphatic heterocycles. The molecule has 6 nitrogen and oxygen atoms in total. The van der Waals surface area contributed by atoms with E-state index >= 15 is 0 Å². The van der Waals surface area contributed by atoms with Crippen molar-refractivity contribution < 1.29 is 9.21 Å². The Morgan fingerprint density at radius 3 is 2.96 bits per heavy atom. The number of thioether (sulfide) groups is 1. The van der Waals surface area contributed by atoms with Crippen LogP contribution >= 0.6 is 23.1 Å². The van der Waals surface area contributed by atoms with Crippen molar-refractivity contribution in [3.8, 4) is 6.07 Å². The monoisotopic (exact) mass is 372 g/mol. The minimum Gasteiger partial charge on any atom is -0.444 e. The molecule has 0 saturated heterocycles. The van der Waals surface area contributed by atoms with Crippen LogP contribution in [0.4, 0.5) is 5.88 Å². The van der Waals surface area contributed by atoms with E-state index < -0.39 is 0 Å². The van der Waals surface area contributed by atoms with Crippen LogP contribution in [-0.2, 0) is 11.2 Å². The summed E-state index contributed by atoms with van der Waals surface area (Å²) < 4.78 is 5.46. The molecule has 3 aromatic heterocycles. The van der Waals surface area contributed by atoms with E-state index in [1.165, 1.54) is 23.0 Å². The lowest BCUT2D eigenvalue weighted by atomic mass is 10.2. The number of anilines is 1. The van der Waals surface area contributed by atoms with E-state index in [1.54, 1.807) is 25.2 Å². The number of hydrogen-bond donors (Lipinski definition) is 1. The Bertz CT molecular complexity index is 985. The third-order valence-corrected chi connectivity index (χ3v) is 5.98. The fraction of sp³-hybridized carbons (Fsp3) is 0.294. The second-order valence-corrected chi connectivity index (χ2v) is 7.48. The molecule has 0 unspecified atom stereocenters. The number of nitrogens with one attached hydrogen (secondary N) is 1. The molecule has 0 spiro atoms. The van der Waals surface area contributed by atoms with Crippen LogP contribution in [0, 0.1) is 25.2 Å². The Hall–Kier alpha value is -2.37. The predicted molar refractivity (Wildman–Crippen MR) is 99.0 cm³/mol. The van der Waals surface area contributed by atoms with Crippen molar-refractivity contribution in [2.45, 2.75) is 32.2 Å². The van der Waals surface area contributed by atoms with Gasteiger partial charge in [-0.2, -0.15) is 5.26 Å². The van der Waals surface area contributed by atoms with Gasteiger partial charge in [0.25, 0.3) is 0 Å². The van der Waals surface area contributed by atoms with E-state index in [2.05, 4.69) is 34.3 Å². The number of aromatic nitrogens is 2. The average molecular weight is 372 g/mol. The molecule has 3 aromatic rings. The predicted octanol–water partition coefficient (Wildman–Crippen LogP) is 4.07. The molecule has 0 atom stereocenters. The summed E-state index contributed by atoms with van der Waals surface area (Å²) in [6.07, 6.45) is 2.46. The maximum atomic E-state index is 12.2. The highest BCUT2D eigenvalue weighted by Gasteiger charge is 2.17. The third kappa shape index (κ3) is 3.52. The lowest BCUT2D eigenvalue weighted by molar-refractivity contribution is -0.113. The van der Waals surface area contributed by atoms with Gasteiger partial charge in [-0.05, 0) is 26.3 Å². The Balaban J connectivity index is 1.72. The molecule has 1 N–H and O–H groups in total. The minimum absolute atomic E-state index is 0.174. The van der Waals surface area contributed by atoms with Crippen molar-refractivity contribution in [1.29, 1.82) is 5.26 Å². The van der Waals surface area contributed by atoms with Gasteiger partial charge in [-0.25, -0.2) is 9.97 Å². The van der Waals surface area contributed by atoms with Crippen molar-refractivity contribution in [2.24, 2.45) is 0 Å². The third-order valence-electron chi connectivity index (χ3n) is 3.78. The normalized spacial score (nSPS) is 10.8. The van der Waals surface area contributed by atoms with Crippen LogP contribution in [0.5, 0.6) is 0 Å². The van der Waals surface area contributed by atoms with Crippen LogP contribution in [0.2, 0.25) is 0 Å². The molecular weight excluding hydrogens is 356 g/mol. The molecule has 25 heavy (non-hydrogen) atoms. The molecule has 0 radical (unpaired) electrons. The van der Waals surface area contributed by atoms with Gasteiger partial charge < -0.3 is 4.42 Å². The van der Waals surface area contributed by atoms with E-state index in [1.807, 2.05) is 0 Å². The molecule has 1 amide bonds. The van der Waals surface area contributed by atoms with Crippen LogP contribution in [0.3, 0.4) is 0 Å². The summed E-state index contributed by atoms with van der Waals surface area (Å²) in [4.78, 5) is 23.0. The van der Waals surface area contributed by atoms with Crippen LogP contribution in [0.1, 0.15) is 28.7 Å². The van der Waals surface area contributed by atoms with E-state index in [-0.39, 0.29) is 17.5 Å². The summed E-state index contributed by atoms with van der Waals surface area (Å²) >= 11 is 2.99. The fourth-order valence-corrected chi connectivity index (χ4v) is 4.09. The maximum absolute atomic E-state index is 12.2. The summed E-state index contributed by atoms with van der Waals surface area (Å²) in [5, 5.41) is 13.6. The molecule has 0 bridgehead atoms. The van der Waals surface area contributed by atoms with Gasteiger partial charge in [-0.1, -0.05) is 18.7 Å². The number of furan rings is 1. The van der Waals surface area contributed by atoms with Crippen molar-refractivity contribution in [2.75, 3.05) is 11.1 Å². The highest BCUT2D eigenvalue weighted by molar-refractivity contribution is 8.00. The summed E-state index contributed by atoms with van der Waals surface area (Å²) in [6, 6.07) is 4.14. The Labute approximate surface area is 153 Å². The first-order valence-corrected chi connectivity index (χ1v) is 9.49. The van der Waals surface area contributed by atoms with Crippen LogP contribution in [0.15, 0.2) is 21.8 Å². The number of nitriles is 1. The van der Waals surface area contributed by atoms with Crippen molar-refractivity contribution >= 4 is 45.1 Å². The van der Waals surface area contributed by atoms with Crippen molar-refractivity contribution in [1.82, 2.24) is 9.97 Å². The lowest BCUT2D eigenvalue weighted by Crippen LogP contribution is -2.14. The van der Waals surface area contributed by atoms with E-state index in [9.17, 15) is 10.1 Å². The summed E-state index contributed by atoms with van der Waals surface area (Å²) in [5.41, 5.74) is 1.11. The van der Waals surface area contributed by atoms with Crippen LogP contribution in [0.25, 0.3) is 10.2 Å². The van der Waals surface area contributed by atoms with Gasteiger partial charge in [0.1, 0.15) is 33.6 Å². The SMILES string of the molecule is CCc1cc2c(SCC(=O)Nc3oc(C)c(C)c3C#N)ncnc2s1. The molecule has 128 valence electrons. The number of hydrogen-bond acceptors (Lipinski definition) is 7. The number of nitrogens with zero attached hydrogens (tertiary/aromatic N) is 3. The molecule has 0 aliphatic rings. The van der Waals surface area contributed by atoms with Gasteiger partial charge in [-0.15, -0.1) is 11.3 Å². The molecular formula is C17H16N4O2S2. The van der Waals surface area contributed by atoms with E-state index in [4.69, 9.17) is 4.42 Å². The number of thiophene rings is 1. The topological polar surface area (TPSA) is 91.8 Å². The number of carbonyl (C=O) groups excluding carboxylic acids is 1. The van der Waals surface area contributed by atoms with Crippen LogP contribution in [-0.4, -0.2) is 21.6 Å². The quantitative estimate of drug-likeness (QED) is 0.536. The highest BCUT2D eigenvalue weighted by atomic mass is 32.2. The van der Waals surface area contributed by atoms with Gasteiger partial charge in [0.15, 0.2) is 0 Å². The van der Waals surface area contributed by atoms with E-state index in [0.717, 1.165) is 27.2 Å². The first-order chi connectivity index (χ1) is 12.0. The summed E-state index contributed by atoms with van der Waals surface area (Å²) in [5.74, 6) is 0.766. The summed E-state index contributed by atoms with van der Waals surface area (Å²) in [6.45, 7) is 5.65. The van der Waals surface area contributed by atoms with Gasteiger partial charge in [0, 0.05) is 15.8 Å². The first-order valence-electron chi connectivity index (χ1n) is 7.69. The molecule has 0 aliphatic carbocycles. The van der Waals surface area contributed by atoms with Crippen LogP contribution < -0.4 is 5.32 Å². The Morgan fingerprint density at radius 1 is 1.44 bits per heavy atom. The highest BCUT2D eigenvalue weighted by Crippen LogP contribution is 2.31. The molecule has 3 rings (SSSR count). The lowest BCUT2D eigenvalue weighted by Gasteiger charge is -2.03. The minimum atomic E-state index is -0.243. The average Bonchev–Trinajstić information content (AvgIpc) is 3.14. The zero-order chi connectivity index (χ0) is 18.0. The molecule has 0 saturated carbocycles. The molecule has 0 aromatic carbocycles. The first kappa shape index (κ1) is 17.5. The van der Waals surface area contributed by atoms with Gasteiger partial charge in [0.05, 0.1) is 5.75 Å². The Morgan fingerprint density at radius 2 is 2.24 bits per heavy atom. The number of amides is 1. The zero-order valence-corrected chi connectivity index (χ0v) is 15.7. The number of fused-ring (bicyclic) bond motifs is 1. The Kier molecular flexibility index (Phi) is 5.06. The van der Waals surface area contributed by atoms with E-state index in [0.29, 0.717) is 11.3 Å². The number of aryl methyl sites for hydroxylation is 2. The fourth-order valence-electron chi connectivity index (χ4n) is 2.32. The van der Waals surface area contributed by atoms with Crippen molar-refractivity contribution in [3.63, 3.8) is 0 Å². The van der Waals surface area contributed by atoms with Gasteiger partial charge in [0.2, 0.25) is 11.8 Å². The molecule has 8 heteroatoms. The van der Waals surface area contributed by atoms with Gasteiger partial charge in [-0.3, -0.25) is 10.1 Å². The standard InChI is InChI=1S/C17H16N4O2S2/c1-4-11-5-12-16(19-8-20-17(12)25-11)24-7-14(22)21-15-13(6-18)9(2)10(3)23-15/h5,8H,4,7H2,1-3H3,(H,21,22). The summed E-state index contributed by atoms with van der Waals surface area (Å²) in [7, 11) is 0. The number of carbonyl (C=O) groups is 1. The zero-order valence-electron chi connectivity index (χ0n) is 14.0. The van der Waals surface area contributed by atoms with Gasteiger partial charge >= 0.3 is 0 Å².